The average Bonchev–Trinajstić information content (AvgIpc) is 3.59. The van der Waals surface area contributed by atoms with E-state index in [2.05, 4.69) is 59.1 Å². The second kappa shape index (κ2) is 11.1. The third-order valence-electron chi connectivity index (χ3n) is 8.38. The molecule has 216 valence electrons. The summed E-state index contributed by atoms with van der Waals surface area (Å²) in [5.74, 6) is -1.73. The zero-order valence-corrected chi connectivity index (χ0v) is 24.4. The predicted molar refractivity (Wildman–Crippen MR) is 167 cm³/mol. The number of hydrogen-bond acceptors (Lipinski definition) is 2. The number of aliphatic carboxylic acids is 2. The van der Waals surface area contributed by atoms with Crippen LogP contribution in [0.1, 0.15) is 80.1 Å². The highest BCUT2D eigenvalue weighted by Crippen LogP contribution is 2.23. The van der Waals surface area contributed by atoms with E-state index in [4.69, 9.17) is 0 Å². The fourth-order valence-electron chi connectivity index (χ4n) is 5.93. The van der Waals surface area contributed by atoms with Gasteiger partial charge in [-0.25, -0.2) is 0 Å². The molecule has 0 aromatic carbocycles. The topological polar surface area (TPSA) is 138 Å². The summed E-state index contributed by atoms with van der Waals surface area (Å²) >= 11 is 0. The number of hydrogen-bond donors (Lipinski definition) is 6. The van der Waals surface area contributed by atoms with Crippen molar-refractivity contribution in [2.75, 3.05) is 0 Å². The van der Waals surface area contributed by atoms with Gasteiger partial charge in [0, 0.05) is 68.1 Å². The van der Waals surface area contributed by atoms with Gasteiger partial charge in [-0.05, 0) is 98.2 Å². The molecule has 4 aromatic heterocycles. The SMILES string of the molecule is C=Cc1c2[nH]c(c1C)/C=c1\[nH]/c(c(C)c1C=C)=C\c1[nH]c(c(CCC(=O)O)c1C)/C=c1\[nH]/c(c(C)c1CCC(=O)O)=C\2. The first-order valence-electron chi connectivity index (χ1n) is 14.0. The molecule has 8 bridgehead atoms. The summed E-state index contributed by atoms with van der Waals surface area (Å²) in [5, 5.41) is 22.4. The first-order valence-corrected chi connectivity index (χ1v) is 14.0. The Morgan fingerprint density at radius 2 is 1.10 bits per heavy atom. The summed E-state index contributed by atoms with van der Waals surface area (Å²) in [6.45, 7) is 16.2. The van der Waals surface area contributed by atoms with Crippen LogP contribution in [0.2, 0.25) is 0 Å². The van der Waals surface area contributed by atoms with E-state index in [1.165, 1.54) is 0 Å². The Balaban J connectivity index is 1.92. The van der Waals surface area contributed by atoms with Gasteiger partial charge in [-0.15, -0.1) is 0 Å². The molecule has 0 aliphatic carbocycles. The number of carbonyl (C=O) groups is 2. The van der Waals surface area contributed by atoms with E-state index >= 15 is 0 Å². The molecule has 0 unspecified atom stereocenters. The van der Waals surface area contributed by atoms with E-state index in [1.54, 1.807) is 0 Å². The zero-order chi connectivity index (χ0) is 30.3. The van der Waals surface area contributed by atoms with Crippen molar-refractivity contribution < 1.29 is 19.8 Å². The fourth-order valence-corrected chi connectivity index (χ4v) is 5.93. The normalized spacial score (nSPS) is 15.3. The molecule has 0 radical (unpaired) electrons. The highest BCUT2D eigenvalue weighted by molar-refractivity contribution is 5.73. The van der Waals surface area contributed by atoms with Crippen LogP contribution in [0.15, 0.2) is 13.2 Å². The van der Waals surface area contributed by atoms with Crippen molar-refractivity contribution in [1.82, 2.24) is 19.9 Å². The zero-order valence-electron chi connectivity index (χ0n) is 24.4. The van der Waals surface area contributed by atoms with Gasteiger partial charge in [0.05, 0.1) is 0 Å². The second-order valence-corrected chi connectivity index (χ2v) is 10.9. The molecule has 6 N–H and O–H groups in total. The van der Waals surface area contributed by atoms with Crippen LogP contribution in [-0.4, -0.2) is 42.1 Å². The van der Waals surface area contributed by atoms with Crippen molar-refractivity contribution in [2.24, 2.45) is 0 Å². The molecule has 0 amide bonds. The summed E-state index contributed by atoms with van der Waals surface area (Å²) in [6.07, 6.45) is 12.5. The first kappa shape index (κ1) is 28.5. The lowest BCUT2D eigenvalue weighted by Crippen LogP contribution is -2.14. The van der Waals surface area contributed by atoms with E-state index < -0.39 is 11.9 Å². The van der Waals surface area contributed by atoms with Crippen molar-refractivity contribution >= 4 is 48.4 Å². The number of nitrogens with one attached hydrogen (secondary N) is 4. The molecule has 8 heteroatoms. The molecule has 42 heavy (non-hydrogen) atoms. The maximum Gasteiger partial charge on any atom is 0.303 e. The van der Waals surface area contributed by atoms with Gasteiger partial charge in [-0.3, -0.25) is 9.59 Å². The predicted octanol–water partition coefficient (Wildman–Crippen LogP) is 3.18. The number of carboxylic acids is 2. The van der Waals surface area contributed by atoms with E-state index in [0.717, 1.165) is 88.7 Å². The molecule has 0 saturated heterocycles. The highest BCUT2D eigenvalue weighted by atomic mass is 16.4. The van der Waals surface area contributed by atoms with Crippen LogP contribution in [0.5, 0.6) is 0 Å². The Bertz CT molecular complexity index is 2020. The van der Waals surface area contributed by atoms with Gasteiger partial charge in [-0.2, -0.15) is 0 Å². The van der Waals surface area contributed by atoms with Crippen molar-refractivity contribution in [3.63, 3.8) is 0 Å². The molecule has 5 rings (SSSR count). The molecule has 1 aliphatic heterocycles. The first-order chi connectivity index (χ1) is 20.0. The smallest absolute Gasteiger partial charge is 0.303 e. The van der Waals surface area contributed by atoms with Crippen molar-refractivity contribution in [3.8, 4) is 0 Å². The van der Waals surface area contributed by atoms with Gasteiger partial charge in [0.25, 0.3) is 0 Å². The quantitative estimate of drug-likeness (QED) is 0.172. The molecule has 4 aromatic rings. The molecule has 5 heterocycles. The monoisotopic (exact) mass is 564 g/mol. The van der Waals surface area contributed by atoms with Crippen LogP contribution in [-0.2, 0) is 22.4 Å². The standard InChI is InChI=1S/C34H36N4O4/c1-7-21-17(3)25-13-26-19(5)23(9-11-33(39)40)31(37-26)16-32-24(10-12-34(41)42)20(6)28(38-32)15-30-22(8-2)18(4)27(36-30)14-29(21)35-25/h7-8,13-16,35-38H,1-2,9-12H2,3-6H3,(H,39,40)(H,41,42)/b25-13-,26-13?,27-14?,28-15-,29-14-,30-15?,31-16?,32-16-. The van der Waals surface area contributed by atoms with Crippen LogP contribution in [0, 0.1) is 27.7 Å². The van der Waals surface area contributed by atoms with Crippen LogP contribution in [0.25, 0.3) is 36.5 Å². The largest absolute Gasteiger partial charge is 0.481 e. The molecule has 0 spiro atoms. The van der Waals surface area contributed by atoms with Crippen LogP contribution in [0.3, 0.4) is 0 Å². The Labute approximate surface area is 243 Å². The van der Waals surface area contributed by atoms with Crippen molar-refractivity contribution in [3.05, 3.63) is 102 Å². The van der Waals surface area contributed by atoms with Gasteiger partial charge in [0.15, 0.2) is 0 Å². The summed E-state index contributed by atoms with van der Waals surface area (Å²) in [4.78, 5) is 37.3. The van der Waals surface area contributed by atoms with E-state index in [0.29, 0.717) is 12.8 Å². The Kier molecular flexibility index (Phi) is 7.56. The lowest BCUT2D eigenvalue weighted by atomic mass is 10.0. The maximum atomic E-state index is 11.5. The summed E-state index contributed by atoms with van der Waals surface area (Å²) in [7, 11) is 0. The van der Waals surface area contributed by atoms with Gasteiger partial charge in [-0.1, -0.05) is 25.3 Å². The van der Waals surface area contributed by atoms with Crippen LogP contribution < -0.4 is 21.4 Å². The molecule has 0 saturated carbocycles. The minimum Gasteiger partial charge on any atom is -0.481 e. The third-order valence-corrected chi connectivity index (χ3v) is 8.38. The Morgan fingerprint density at radius 3 is 1.74 bits per heavy atom. The molecular formula is C34H36N4O4. The van der Waals surface area contributed by atoms with E-state index in [1.807, 2.05) is 38.2 Å². The third kappa shape index (κ3) is 5.11. The summed E-state index contributed by atoms with van der Waals surface area (Å²) in [6, 6.07) is 0. The van der Waals surface area contributed by atoms with Crippen LogP contribution >= 0.6 is 0 Å². The molecule has 1 aliphatic rings. The van der Waals surface area contributed by atoms with E-state index in [9.17, 15) is 19.8 Å². The number of aromatic amines is 4. The van der Waals surface area contributed by atoms with Crippen LogP contribution in [0.4, 0.5) is 0 Å². The second-order valence-electron chi connectivity index (χ2n) is 10.9. The Hall–Kier alpha value is -4.98. The number of carboxylic acid groups (broad SMARTS) is 2. The van der Waals surface area contributed by atoms with Gasteiger partial charge < -0.3 is 30.1 Å². The number of aromatic nitrogens is 4. The number of fused-ring (bicyclic) bond motifs is 8. The van der Waals surface area contributed by atoms with E-state index in [-0.39, 0.29) is 12.8 Å². The lowest BCUT2D eigenvalue weighted by molar-refractivity contribution is -0.138. The minimum atomic E-state index is -0.867. The van der Waals surface area contributed by atoms with Gasteiger partial charge >= 0.3 is 11.9 Å². The molecule has 0 fully saturated rings. The van der Waals surface area contributed by atoms with Crippen molar-refractivity contribution in [1.29, 1.82) is 0 Å². The highest BCUT2D eigenvalue weighted by Gasteiger charge is 2.17. The summed E-state index contributed by atoms with van der Waals surface area (Å²) in [5.41, 5.74) is 11.3. The molecule has 0 atom stereocenters. The lowest BCUT2D eigenvalue weighted by Gasteiger charge is -2.01. The number of rotatable bonds is 8. The maximum absolute atomic E-state index is 11.5. The minimum absolute atomic E-state index is 0.00645. The Morgan fingerprint density at radius 1 is 0.595 bits per heavy atom. The number of H-pyrrole nitrogens is 4. The van der Waals surface area contributed by atoms with Crippen molar-refractivity contribution in [2.45, 2.75) is 53.4 Å². The van der Waals surface area contributed by atoms with Gasteiger partial charge in [0.2, 0.25) is 0 Å². The van der Waals surface area contributed by atoms with Gasteiger partial charge in [0.1, 0.15) is 0 Å². The molecule has 8 nitrogen and oxygen atoms in total. The molecular weight excluding hydrogens is 528 g/mol. The fraction of sp³-hybridized carbons (Fsp3) is 0.235. The summed E-state index contributed by atoms with van der Waals surface area (Å²) < 4.78 is 0. The average molecular weight is 565 g/mol.